The van der Waals surface area contributed by atoms with Crippen LogP contribution in [0, 0.1) is 0 Å². The van der Waals surface area contributed by atoms with E-state index in [9.17, 15) is 4.79 Å². The van der Waals surface area contributed by atoms with Crippen LogP contribution in [0.1, 0.15) is 16.2 Å². The highest BCUT2D eigenvalue weighted by Crippen LogP contribution is 2.24. The lowest BCUT2D eigenvalue weighted by molar-refractivity contribution is 0.0943. The zero-order valence-corrected chi connectivity index (χ0v) is 13.6. The van der Waals surface area contributed by atoms with Crippen LogP contribution in [0.3, 0.4) is 0 Å². The monoisotopic (exact) mass is 372 g/mol. The first kappa shape index (κ1) is 15.2. The Kier molecular flexibility index (Phi) is 4.68. The summed E-state index contributed by atoms with van der Waals surface area (Å²) in [6.07, 6.45) is 2.91. The van der Waals surface area contributed by atoms with Gasteiger partial charge in [0.15, 0.2) is 0 Å². The average Bonchev–Trinajstić information content (AvgIpc) is 3.08. The highest BCUT2D eigenvalue weighted by Gasteiger charge is 2.10. The minimum atomic E-state index is -0.293. The number of carbonyl (C=O) groups excluding carboxylic acids is 1. The van der Waals surface area contributed by atoms with E-state index in [1.165, 1.54) is 6.33 Å². The number of nitrogens with zero attached hydrogens (tertiary/aromatic N) is 2. The molecule has 0 saturated heterocycles. The molecule has 0 bridgehead atoms. The van der Waals surface area contributed by atoms with E-state index in [0.29, 0.717) is 18.1 Å². The second-order valence-corrected chi connectivity index (χ2v) is 5.51. The molecule has 0 saturated carbocycles. The van der Waals surface area contributed by atoms with Gasteiger partial charge < -0.3 is 15.1 Å². The van der Waals surface area contributed by atoms with Crippen molar-refractivity contribution in [1.29, 1.82) is 0 Å². The van der Waals surface area contributed by atoms with Gasteiger partial charge in [0.1, 0.15) is 23.6 Å². The van der Waals surface area contributed by atoms with E-state index >= 15 is 0 Å². The zero-order chi connectivity index (χ0) is 16.1. The summed E-state index contributed by atoms with van der Waals surface area (Å²) in [5, 5.41) is 5.88. The summed E-state index contributed by atoms with van der Waals surface area (Å²) in [5.41, 5.74) is 1.13. The summed E-state index contributed by atoms with van der Waals surface area (Å²) < 4.78 is 6.08. The summed E-state index contributed by atoms with van der Waals surface area (Å²) in [6, 6.07) is 12.8. The van der Waals surface area contributed by atoms with E-state index in [4.69, 9.17) is 4.42 Å². The third-order valence-corrected chi connectivity index (χ3v) is 3.73. The molecule has 0 atom stereocenters. The molecule has 0 aliphatic heterocycles. The molecular weight excluding hydrogens is 360 g/mol. The van der Waals surface area contributed by atoms with Crippen LogP contribution in [0.15, 0.2) is 63.9 Å². The Balaban J connectivity index is 1.69. The number of anilines is 2. The summed E-state index contributed by atoms with van der Waals surface area (Å²) in [6.45, 7) is 0.308. The molecule has 2 N–H and O–H groups in total. The molecule has 0 aliphatic carbocycles. The minimum absolute atomic E-state index is 0.279. The Hall–Kier alpha value is -2.67. The zero-order valence-electron chi connectivity index (χ0n) is 12.0. The summed E-state index contributed by atoms with van der Waals surface area (Å²) in [7, 11) is 0. The van der Waals surface area contributed by atoms with Gasteiger partial charge >= 0.3 is 0 Å². The maximum absolute atomic E-state index is 12.1. The summed E-state index contributed by atoms with van der Waals surface area (Å²) in [4.78, 5) is 20.3. The molecule has 2 heterocycles. The molecule has 0 radical (unpaired) electrons. The fourth-order valence-corrected chi connectivity index (χ4v) is 2.31. The van der Waals surface area contributed by atoms with Crippen molar-refractivity contribution < 1.29 is 9.21 Å². The Morgan fingerprint density at radius 2 is 2.04 bits per heavy atom. The first-order valence-electron chi connectivity index (χ1n) is 6.86. The molecule has 6 nitrogen and oxygen atoms in total. The van der Waals surface area contributed by atoms with Gasteiger partial charge in [-0.15, -0.1) is 0 Å². The van der Waals surface area contributed by atoms with Gasteiger partial charge in [-0.2, -0.15) is 0 Å². The van der Waals surface area contributed by atoms with Gasteiger partial charge in [-0.25, -0.2) is 9.97 Å². The molecule has 7 heteroatoms. The van der Waals surface area contributed by atoms with Gasteiger partial charge in [-0.3, -0.25) is 4.79 Å². The lowest BCUT2D eigenvalue weighted by atomic mass is 10.3. The van der Waals surface area contributed by atoms with Crippen molar-refractivity contribution in [2.24, 2.45) is 0 Å². The predicted octanol–water partition coefficient (Wildman–Crippen LogP) is 3.51. The maximum Gasteiger partial charge on any atom is 0.270 e. The summed E-state index contributed by atoms with van der Waals surface area (Å²) in [5.74, 6) is 0.924. The standard InChI is InChI=1S/C16H13BrN4O2/c17-12-5-1-2-6-13(12)21-15-8-14(19-10-20-15)16(22)18-9-11-4-3-7-23-11/h1-8,10H,9H2,(H,18,22)(H,19,20,21). The number of halogens is 1. The van der Waals surface area contributed by atoms with Gasteiger partial charge in [0, 0.05) is 10.5 Å². The highest BCUT2D eigenvalue weighted by molar-refractivity contribution is 9.10. The molecule has 23 heavy (non-hydrogen) atoms. The van der Waals surface area contributed by atoms with Crippen molar-refractivity contribution in [2.45, 2.75) is 6.54 Å². The van der Waals surface area contributed by atoms with Crippen molar-refractivity contribution in [1.82, 2.24) is 15.3 Å². The van der Waals surface area contributed by atoms with Crippen molar-refractivity contribution in [3.05, 3.63) is 71.0 Å². The SMILES string of the molecule is O=C(NCc1ccco1)c1cc(Nc2ccccc2Br)ncn1. The van der Waals surface area contributed by atoms with Gasteiger partial charge in [0.05, 0.1) is 18.5 Å². The molecule has 2 aromatic heterocycles. The van der Waals surface area contributed by atoms with Gasteiger partial charge in [-0.1, -0.05) is 12.1 Å². The Bertz CT molecular complexity index is 805. The lowest BCUT2D eigenvalue weighted by Crippen LogP contribution is -2.23. The predicted molar refractivity (Wildman–Crippen MR) is 89.3 cm³/mol. The van der Waals surface area contributed by atoms with Gasteiger partial charge in [-0.05, 0) is 40.2 Å². The topological polar surface area (TPSA) is 80.0 Å². The molecule has 1 aromatic carbocycles. The van der Waals surface area contributed by atoms with Crippen LogP contribution in [0.2, 0.25) is 0 Å². The van der Waals surface area contributed by atoms with Crippen LogP contribution >= 0.6 is 15.9 Å². The first-order chi connectivity index (χ1) is 11.2. The fourth-order valence-electron chi connectivity index (χ4n) is 1.92. The molecule has 0 aliphatic rings. The number of carbonyl (C=O) groups is 1. The first-order valence-corrected chi connectivity index (χ1v) is 7.66. The van der Waals surface area contributed by atoms with Crippen LogP contribution in [-0.4, -0.2) is 15.9 Å². The van der Waals surface area contributed by atoms with Crippen LogP contribution in [-0.2, 0) is 6.54 Å². The lowest BCUT2D eigenvalue weighted by Gasteiger charge is -2.08. The number of rotatable bonds is 5. The van der Waals surface area contributed by atoms with E-state index in [1.807, 2.05) is 24.3 Å². The van der Waals surface area contributed by atoms with Crippen molar-refractivity contribution in [2.75, 3.05) is 5.32 Å². The van der Waals surface area contributed by atoms with Crippen molar-refractivity contribution in [3.8, 4) is 0 Å². The molecule has 0 fully saturated rings. The third kappa shape index (κ3) is 3.95. The molecular formula is C16H13BrN4O2. The van der Waals surface area contributed by atoms with Crippen LogP contribution in [0.4, 0.5) is 11.5 Å². The fraction of sp³-hybridized carbons (Fsp3) is 0.0625. The number of amides is 1. The third-order valence-electron chi connectivity index (χ3n) is 3.04. The van der Waals surface area contributed by atoms with E-state index in [1.54, 1.807) is 24.5 Å². The van der Waals surface area contributed by atoms with Crippen molar-refractivity contribution in [3.63, 3.8) is 0 Å². The number of hydrogen-bond acceptors (Lipinski definition) is 5. The van der Waals surface area contributed by atoms with Crippen LogP contribution in [0.5, 0.6) is 0 Å². The minimum Gasteiger partial charge on any atom is -0.467 e. The quantitative estimate of drug-likeness (QED) is 0.716. The molecule has 1 amide bonds. The van der Waals surface area contributed by atoms with Crippen LogP contribution < -0.4 is 10.6 Å². The average molecular weight is 373 g/mol. The number of para-hydroxylation sites is 1. The molecule has 3 aromatic rings. The largest absolute Gasteiger partial charge is 0.467 e. The van der Waals surface area contributed by atoms with E-state index < -0.39 is 0 Å². The molecule has 3 rings (SSSR count). The Morgan fingerprint density at radius 1 is 1.17 bits per heavy atom. The second-order valence-electron chi connectivity index (χ2n) is 4.66. The Morgan fingerprint density at radius 3 is 2.83 bits per heavy atom. The molecule has 0 unspecified atom stereocenters. The van der Waals surface area contributed by atoms with Crippen molar-refractivity contribution >= 4 is 33.3 Å². The normalized spacial score (nSPS) is 10.3. The highest BCUT2D eigenvalue weighted by atomic mass is 79.9. The number of furan rings is 1. The van der Waals surface area contributed by atoms with E-state index in [2.05, 4.69) is 36.5 Å². The number of nitrogens with one attached hydrogen (secondary N) is 2. The van der Waals surface area contributed by atoms with Crippen LogP contribution in [0.25, 0.3) is 0 Å². The maximum atomic E-state index is 12.1. The van der Waals surface area contributed by atoms with Gasteiger partial charge in [0.25, 0.3) is 5.91 Å². The number of hydrogen-bond donors (Lipinski definition) is 2. The smallest absolute Gasteiger partial charge is 0.270 e. The molecule has 0 spiro atoms. The number of aromatic nitrogens is 2. The van der Waals surface area contributed by atoms with E-state index in [-0.39, 0.29) is 11.6 Å². The summed E-state index contributed by atoms with van der Waals surface area (Å²) >= 11 is 3.45. The van der Waals surface area contributed by atoms with E-state index in [0.717, 1.165) is 10.2 Å². The number of benzene rings is 1. The van der Waals surface area contributed by atoms with Gasteiger partial charge in [0.2, 0.25) is 0 Å². The second kappa shape index (κ2) is 7.06. The Labute approximate surface area is 141 Å². The molecule has 116 valence electrons.